The molecule has 0 radical (unpaired) electrons. The standard InChI is InChI=1S/C23H27N5/c1-4-7-8-19-17-26-22(15-24)23(16-25)27-21(19)14-11-18-9-12-20(13-10-18)28(5-2)6-3/h9-14,17,19H,4-8H2,1-3H3. The number of aliphatic imine (C=N–C) groups is 2. The Kier molecular flexibility index (Phi) is 8.18. The van der Waals surface area contributed by atoms with Crippen molar-refractivity contribution in [1.29, 1.82) is 10.5 Å². The van der Waals surface area contributed by atoms with E-state index >= 15 is 0 Å². The smallest absolute Gasteiger partial charge is 0.177 e. The number of unbranched alkanes of at least 4 members (excludes halogenated alkanes) is 1. The Bertz CT molecular complexity index is 856. The molecular formula is C23H27N5. The normalized spacial score (nSPS) is 16.5. The summed E-state index contributed by atoms with van der Waals surface area (Å²) in [6.45, 7) is 8.39. The van der Waals surface area contributed by atoms with Gasteiger partial charge >= 0.3 is 0 Å². The Labute approximate surface area is 168 Å². The van der Waals surface area contributed by atoms with Gasteiger partial charge in [0, 0.05) is 30.9 Å². The second kappa shape index (κ2) is 10.8. The zero-order chi connectivity index (χ0) is 20.4. The number of nitriles is 2. The van der Waals surface area contributed by atoms with Crippen molar-refractivity contribution >= 4 is 23.7 Å². The summed E-state index contributed by atoms with van der Waals surface area (Å²) in [7, 11) is 0. The number of nitrogens with zero attached hydrogens (tertiary/aromatic N) is 5. The van der Waals surface area contributed by atoms with Gasteiger partial charge in [-0.25, -0.2) is 9.98 Å². The molecule has 5 heteroatoms. The summed E-state index contributed by atoms with van der Waals surface area (Å²) < 4.78 is 0. The third-order valence-corrected chi connectivity index (χ3v) is 4.78. The Morgan fingerprint density at radius 1 is 1.00 bits per heavy atom. The average molecular weight is 374 g/mol. The SMILES string of the molecule is CCCCC1C=NC(C#N)=C(C#N)N=C1C=Cc1ccc(N(CC)CC)cc1. The molecule has 1 heterocycles. The van der Waals surface area contributed by atoms with E-state index in [1.54, 1.807) is 6.21 Å². The fourth-order valence-electron chi connectivity index (χ4n) is 3.10. The van der Waals surface area contributed by atoms with E-state index in [9.17, 15) is 10.5 Å². The first-order valence-electron chi connectivity index (χ1n) is 9.87. The molecule has 0 aromatic heterocycles. The van der Waals surface area contributed by atoms with E-state index in [-0.39, 0.29) is 17.3 Å². The Hall–Kier alpha value is -3.18. The third-order valence-electron chi connectivity index (χ3n) is 4.78. The summed E-state index contributed by atoms with van der Waals surface area (Å²) in [4.78, 5) is 11.0. The minimum atomic E-state index is 0.000322. The van der Waals surface area contributed by atoms with E-state index < -0.39 is 0 Å². The first-order chi connectivity index (χ1) is 13.7. The molecule has 1 aliphatic heterocycles. The molecule has 0 N–H and O–H groups in total. The van der Waals surface area contributed by atoms with Crippen molar-refractivity contribution < 1.29 is 0 Å². The van der Waals surface area contributed by atoms with Crippen molar-refractivity contribution in [2.24, 2.45) is 15.9 Å². The molecule has 0 aliphatic carbocycles. The lowest BCUT2D eigenvalue weighted by Crippen LogP contribution is -2.21. The highest BCUT2D eigenvalue weighted by molar-refractivity contribution is 6.09. The summed E-state index contributed by atoms with van der Waals surface area (Å²) in [5, 5.41) is 18.6. The van der Waals surface area contributed by atoms with E-state index in [4.69, 9.17) is 0 Å². The van der Waals surface area contributed by atoms with Crippen LogP contribution in [-0.2, 0) is 0 Å². The topological polar surface area (TPSA) is 75.5 Å². The maximum Gasteiger partial charge on any atom is 0.177 e. The van der Waals surface area contributed by atoms with Gasteiger partial charge in [-0.2, -0.15) is 10.5 Å². The quantitative estimate of drug-likeness (QED) is 0.633. The summed E-state index contributed by atoms with van der Waals surface area (Å²) in [5.74, 6) is 0.000322. The van der Waals surface area contributed by atoms with E-state index in [0.29, 0.717) is 0 Å². The molecular weight excluding hydrogens is 346 g/mol. The van der Waals surface area contributed by atoms with Crippen LogP contribution in [0.15, 0.2) is 51.7 Å². The molecule has 1 aromatic rings. The molecule has 1 atom stereocenters. The van der Waals surface area contributed by atoms with Gasteiger partial charge in [-0.1, -0.05) is 38.0 Å². The average Bonchev–Trinajstić information content (AvgIpc) is 2.91. The van der Waals surface area contributed by atoms with Gasteiger partial charge in [0.05, 0.1) is 5.71 Å². The Balaban J connectivity index is 2.30. The fourth-order valence-corrected chi connectivity index (χ4v) is 3.10. The maximum absolute atomic E-state index is 9.34. The van der Waals surface area contributed by atoms with E-state index in [0.717, 1.165) is 43.6 Å². The van der Waals surface area contributed by atoms with E-state index in [1.807, 2.05) is 24.3 Å². The number of allylic oxidation sites excluding steroid dienone is 3. The monoisotopic (exact) mass is 373 g/mol. The molecule has 1 aliphatic rings. The highest BCUT2D eigenvalue weighted by Crippen LogP contribution is 2.20. The van der Waals surface area contributed by atoms with Crippen LogP contribution in [0.2, 0.25) is 0 Å². The molecule has 144 valence electrons. The van der Waals surface area contributed by atoms with Crippen LogP contribution in [-0.4, -0.2) is 25.0 Å². The fraction of sp³-hybridized carbons (Fsp3) is 0.391. The molecule has 0 spiro atoms. The molecule has 0 saturated heterocycles. The van der Waals surface area contributed by atoms with Gasteiger partial charge in [-0.05, 0) is 44.0 Å². The Morgan fingerprint density at radius 2 is 1.68 bits per heavy atom. The van der Waals surface area contributed by atoms with Gasteiger partial charge in [0.25, 0.3) is 0 Å². The van der Waals surface area contributed by atoms with Crippen molar-refractivity contribution in [1.82, 2.24) is 0 Å². The van der Waals surface area contributed by atoms with Gasteiger partial charge in [0.2, 0.25) is 0 Å². The van der Waals surface area contributed by atoms with Gasteiger partial charge < -0.3 is 4.90 Å². The lowest BCUT2D eigenvalue weighted by Gasteiger charge is -2.20. The van der Waals surface area contributed by atoms with Crippen LogP contribution in [0.1, 0.15) is 45.6 Å². The van der Waals surface area contributed by atoms with Crippen LogP contribution in [0, 0.1) is 28.6 Å². The number of benzene rings is 1. The van der Waals surface area contributed by atoms with Crippen molar-refractivity contribution in [3.8, 4) is 12.1 Å². The van der Waals surface area contributed by atoms with Crippen molar-refractivity contribution in [3.63, 3.8) is 0 Å². The number of hydrogen-bond donors (Lipinski definition) is 0. The molecule has 0 amide bonds. The maximum atomic E-state index is 9.34. The molecule has 0 bridgehead atoms. The van der Waals surface area contributed by atoms with Crippen LogP contribution < -0.4 is 4.90 Å². The predicted molar refractivity (Wildman–Crippen MR) is 116 cm³/mol. The number of rotatable bonds is 8. The molecule has 28 heavy (non-hydrogen) atoms. The summed E-state index contributed by atoms with van der Waals surface area (Å²) in [6.07, 6.45) is 8.69. The highest BCUT2D eigenvalue weighted by Gasteiger charge is 2.17. The zero-order valence-electron chi connectivity index (χ0n) is 16.9. The highest BCUT2D eigenvalue weighted by atomic mass is 15.1. The minimum Gasteiger partial charge on any atom is -0.372 e. The summed E-state index contributed by atoms with van der Waals surface area (Å²) in [5.41, 5.74) is 3.20. The lowest BCUT2D eigenvalue weighted by molar-refractivity contribution is 0.693. The first-order valence-corrected chi connectivity index (χ1v) is 9.87. The largest absolute Gasteiger partial charge is 0.372 e. The van der Waals surface area contributed by atoms with E-state index in [1.165, 1.54) is 5.69 Å². The summed E-state index contributed by atoms with van der Waals surface area (Å²) >= 11 is 0. The van der Waals surface area contributed by atoms with Crippen LogP contribution in [0.25, 0.3) is 6.08 Å². The molecule has 0 fully saturated rings. The number of anilines is 1. The lowest BCUT2D eigenvalue weighted by atomic mass is 9.97. The van der Waals surface area contributed by atoms with Gasteiger partial charge in [0.1, 0.15) is 12.1 Å². The predicted octanol–water partition coefficient (Wildman–Crippen LogP) is 5.14. The minimum absolute atomic E-state index is 0.000322. The van der Waals surface area contributed by atoms with E-state index in [2.05, 4.69) is 59.9 Å². The zero-order valence-corrected chi connectivity index (χ0v) is 16.9. The van der Waals surface area contributed by atoms with Crippen molar-refractivity contribution in [2.75, 3.05) is 18.0 Å². The molecule has 5 nitrogen and oxygen atoms in total. The van der Waals surface area contributed by atoms with Gasteiger partial charge in [-0.3, -0.25) is 0 Å². The molecule has 0 saturated carbocycles. The van der Waals surface area contributed by atoms with Gasteiger partial charge in [-0.15, -0.1) is 0 Å². The second-order valence-corrected chi connectivity index (χ2v) is 6.58. The van der Waals surface area contributed by atoms with Crippen LogP contribution >= 0.6 is 0 Å². The Morgan fingerprint density at radius 3 is 2.25 bits per heavy atom. The van der Waals surface area contributed by atoms with Crippen LogP contribution in [0.4, 0.5) is 5.69 Å². The van der Waals surface area contributed by atoms with Crippen molar-refractivity contribution in [3.05, 3.63) is 47.3 Å². The molecule has 2 rings (SSSR count). The van der Waals surface area contributed by atoms with Gasteiger partial charge in [0.15, 0.2) is 11.4 Å². The first kappa shape index (κ1) is 21.1. The number of hydrogen-bond acceptors (Lipinski definition) is 5. The third kappa shape index (κ3) is 5.41. The molecule has 1 aromatic carbocycles. The summed E-state index contributed by atoms with van der Waals surface area (Å²) in [6, 6.07) is 12.4. The van der Waals surface area contributed by atoms with Crippen LogP contribution in [0.5, 0.6) is 0 Å². The second-order valence-electron chi connectivity index (χ2n) is 6.58. The van der Waals surface area contributed by atoms with Crippen molar-refractivity contribution in [2.45, 2.75) is 40.0 Å². The van der Waals surface area contributed by atoms with Crippen LogP contribution in [0.3, 0.4) is 0 Å². The molecule has 1 unspecified atom stereocenters.